The van der Waals surface area contributed by atoms with Crippen LogP contribution < -0.4 is 0 Å². The lowest BCUT2D eigenvalue weighted by Crippen LogP contribution is -2.29. The number of hydrogen-bond acceptors (Lipinski definition) is 1. The number of benzene rings is 2. The van der Waals surface area contributed by atoms with E-state index in [1.165, 1.54) is 23.3 Å². The first-order valence-corrected chi connectivity index (χ1v) is 7.83. The van der Waals surface area contributed by atoms with Crippen molar-refractivity contribution in [2.24, 2.45) is 5.41 Å². The monoisotopic (exact) mass is 343 g/mol. The summed E-state index contributed by atoms with van der Waals surface area (Å²) in [5.74, 6) is -0.260. The second-order valence-electron chi connectivity index (χ2n) is 5.79. The van der Waals surface area contributed by atoms with Gasteiger partial charge in [-0.05, 0) is 60.6 Å². The van der Waals surface area contributed by atoms with Gasteiger partial charge in [0.15, 0.2) is 0 Å². The summed E-state index contributed by atoms with van der Waals surface area (Å²) in [4.78, 5) is 0. The van der Waals surface area contributed by atoms with Crippen LogP contribution in [0.3, 0.4) is 0 Å². The van der Waals surface area contributed by atoms with Crippen molar-refractivity contribution < 1.29 is 4.39 Å². The Morgan fingerprint density at radius 1 is 1.19 bits per heavy atom. The standard InChI is InChI=1S/C18H15BrFN/c19-16-7-13(8-17(20)9-16)10-18(12-21)6-5-14-3-1-2-4-15(14)11-18/h1-4,7-9H,5-6,10-11H2. The van der Waals surface area contributed by atoms with Crippen LogP contribution in [0.25, 0.3) is 0 Å². The van der Waals surface area contributed by atoms with Gasteiger partial charge in [0.05, 0.1) is 11.5 Å². The fourth-order valence-electron chi connectivity index (χ4n) is 3.19. The van der Waals surface area contributed by atoms with Gasteiger partial charge in [0.2, 0.25) is 0 Å². The van der Waals surface area contributed by atoms with Crippen LogP contribution >= 0.6 is 15.9 Å². The Hall–Kier alpha value is -1.66. The predicted molar refractivity (Wildman–Crippen MR) is 84.3 cm³/mol. The van der Waals surface area contributed by atoms with Crippen molar-refractivity contribution in [3.05, 3.63) is 69.4 Å². The maximum absolute atomic E-state index is 13.5. The van der Waals surface area contributed by atoms with Gasteiger partial charge in [-0.1, -0.05) is 40.2 Å². The van der Waals surface area contributed by atoms with E-state index in [-0.39, 0.29) is 5.82 Å². The van der Waals surface area contributed by atoms with Crippen molar-refractivity contribution in [2.45, 2.75) is 25.7 Å². The Morgan fingerprint density at radius 2 is 1.95 bits per heavy atom. The van der Waals surface area contributed by atoms with Gasteiger partial charge in [-0.25, -0.2) is 4.39 Å². The smallest absolute Gasteiger partial charge is 0.124 e. The number of nitriles is 1. The molecule has 2 aromatic carbocycles. The van der Waals surface area contributed by atoms with Crippen molar-refractivity contribution in [1.82, 2.24) is 0 Å². The summed E-state index contributed by atoms with van der Waals surface area (Å²) in [5.41, 5.74) is 3.04. The molecule has 0 heterocycles. The summed E-state index contributed by atoms with van der Waals surface area (Å²) in [6.07, 6.45) is 3.08. The lowest BCUT2D eigenvalue weighted by molar-refractivity contribution is 0.339. The van der Waals surface area contributed by atoms with Crippen molar-refractivity contribution in [3.8, 4) is 6.07 Å². The van der Waals surface area contributed by atoms with E-state index in [4.69, 9.17) is 0 Å². The van der Waals surface area contributed by atoms with Crippen molar-refractivity contribution in [1.29, 1.82) is 5.26 Å². The minimum absolute atomic E-state index is 0.260. The second-order valence-corrected chi connectivity index (χ2v) is 6.71. The molecule has 0 bridgehead atoms. The van der Waals surface area contributed by atoms with Gasteiger partial charge in [0, 0.05) is 4.47 Å². The number of nitrogens with zero attached hydrogens (tertiary/aromatic N) is 1. The van der Waals surface area contributed by atoms with Gasteiger partial charge in [0.1, 0.15) is 5.82 Å². The molecule has 0 radical (unpaired) electrons. The topological polar surface area (TPSA) is 23.8 Å². The Labute approximate surface area is 132 Å². The van der Waals surface area contributed by atoms with Gasteiger partial charge in [-0.15, -0.1) is 0 Å². The fraction of sp³-hybridized carbons (Fsp3) is 0.278. The minimum atomic E-state index is -0.429. The quantitative estimate of drug-likeness (QED) is 0.766. The Balaban J connectivity index is 1.91. The predicted octanol–water partition coefficient (Wildman–Crippen LogP) is 4.83. The average molecular weight is 344 g/mol. The third-order valence-corrected chi connectivity index (χ3v) is 4.68. The highest BCUT2D eigenvalue weighted by Gasteiger charge is 2.34. The number of aryl methyl sites for hydroxylation is 1. The van der Waals surface area contributed by atoms with Crippen LogP contribution in [0.1, 0.15) is 23.1 Å². The summed E-state index contributed by atoms with van der Waals surface area (Å²) >= 11 is 3.32. The fourth-order valence-corrected chi connectivity index (χ4v) is 3.70. The van der Waals surface area contributed by atoms with Gasteiger partial charge < -0.3 is 0 Å². The summed E-state index contributed by atoms with van der Waals surface area (Å²) in [6.45, 7) is 0. The molecule has 0 aliphatic heterocycles. The molecule has 0 saturated carbocycles. The molecule has 0 fully saturated rings. The zero-order chi connectivity index (χ0) is 14.9. The summed E-state index contributed by atoms with van der Waals surface area (Å²) < 4.78 is 14.3. The van der Waals surface area contributed by atoms with E-state index in [0.717, 1.165) is 29.3 Å². The lowest BCUT2D eigenvalue weighted by Gasteiger charge is -2.32. The van der Waals surface area contributed by atoms with Gasteiger partial charge in [-0.3, -0.25) is 0 Å². The zero-order valence-corrected chi connectivity index (χ0v) is 13.2. The van der Waals surface area contributed by atoms with E-state index in [0.29, 0.717) is 6.42 Å². The van der Waals surface area contributed by atoms with E-state index in [1.54, 1.807) is 0 Å². The summed E-state index contributed by atoms with van der Waals surface area (Å²) in [6, 6.07) is 15.7. The molecular weight excluding hydrogens is 329 g/mol. The molecule has 1 aliphatic rings. The molecule has 1 aliphatic carbocycles. The molecule has 0 N–H and O–H groups in total. The molecule has 3 heteroatoms. The largest absolute Gasteiger partial charge is 0.207 e. The van der Waals surface area contributed by atoms with Crippen LogP contribution in [0.5, 0.6) is 0 Å². The highest BCUT2D eigenvalue weighted by Crippen LogP contribution is 2.38. The maximum Gasteiger partial charge on any atom is 0.124 e. The Kier molecular flexibility index (Phi) is 3.82. The average Bonchev–Trinajstić information content (AvgIpc) is 2.46. The van der Waals surface area contributed by atoms with Crippen molar-refractivity contribution in [3.63, 3.8) is 0 Å². The normalized spacial score (nSPS) is 20.6. The molecule has 1 atom stereocenters. The number of hydrogen-bond donors (Lipinski definition) is 0. The van der Waals surface area contributed by atoms with E-state index in [2.05, 4.69) is 34.1 Å². The first kappa shape index (κ1) is 14.3. The number of fused-ring (bicyclic) bond motifs is 1. The van der Waals surface area contributed by atoms with Crippen LogP contribution in [-0.2, 0) is 19.3 Å². The SMILES string of the molecule is N#CC1(Cc2cc(F)cc(Br)c2)CCc2ccccc2C1. The molecular formula is C18H15BrFN. The molecule has 2 aromatic rings. The van der Waals surface area contributed by atoms with E-state index >= 15 is 0 Å². The molecule has 21 heavy (non-hydrogen) atoms. The molecule has 0 saturated heterocycles. The van der Waals surface area contributed by atoms with E-state index < -0.39 is 5.41 Å². The highest BCUT2D eigenvalue weighted by atomic mass is 79.9. The molecule has 0 aromatic heterocycles. The van der Waals surface area contributed by atoms with Gasteiger partial charge >= 0.3 is 0 Å². The second kappa shape index (κ2) is 5.61. The molecule has 0 spiro atoms. The molecule has 1 unspecified atom stereocenters. The molecule has 1 nitrogen and oxygen atoms in total. The molecule has 3 rings (SSSR count). The van der Waals surface area contributed by atoms with Crippen LogP contribution in [0.4, 0.5) is 4.39 Å². The molecule has 106 valence electrons. The molecule has 0 amide bonds. The van der Waals surface area contributed by atoms with Gasteiger partial charge in [-0.2, -0.15) is 5.26 Å². The van der Waals surface area contributed by atoms with Crippen LogP contribution in [0.15, 0.2) is 46.9 Å². The zero-order valence-electron chi connectivity index (χ0n) is 11.6. The van der Waals surface area contributed by atoms with E-state index in [1.807, 2.05) is 18.2 Å². The summed E-state index contributed by atoms with van der Waals surface area (Å²) in [5, 5.41) is 9.71. The van der Waals surface area contributed by atoms with Gasteiger partial charge in [0.25, 0.3) is 0 Å². The minimum Gasteiger partial charge on any atom is -0.207 e. The van der Waals surface area contributed by atoms with Crippen LogP contribution in [0, 0.1) is 22.6 Å². The van der Waals surface area contributed by atoms with Crippen molar-refractivity contribution >= 4 is 15.9 Å². The summed E-state index contributed by atoms with van der Waals surface area (Å²) in [7, 11) is 0. The first-order valence-electron chi connectivity index (χ1n) is 7.03. The van der Waals surface area contributed by atoms with Crippen LogP contribution in [-0.4, -0.2) is 0 Å². The van der Waals surface area contributed by atoms with Crippen LogP contribution in [0.2, 0.25) is 0 Å². The lowest BCUT2D eigenvalue weighted by atomic mass is 9.69. The third-order valence-electron chi connectivity index (χ3n) is 4.22. The highest BCUT2D eigenvalue weighted by molar-refractivity contribution is 9.10. The third kappa shape index (κ3) is 3.01. The first-order chi connectivity index (χ1) is 10.1. The van der Waals surface area contributed by atoms with Crippen molar-refractivity contribution in [2.75, 3.05) is 0 Å². The number of halogens is 2. The maximum atomic E-state index is 13.5. The van der Waals surface area contributed by atoms with E-state index in [9.17, 15) is 9.65 Å². The Morgan fingerprint density at radius 3 is 2.67 bits per heavy atom. The number of rotatable bonds is 2. The Bertz CT molecular complexity index is 699.